The number of carbonyl (C=O) groups is 1. The lowest BCUT2D eigenvalue weighted by atomic mass is 10.1. The topological polar surface area (TPSA) is 53.7 Å². The summed E-state index contributed by atoms with van der Waals surface area (Å²) in [7, 11) is 1.86. The average Bonchev–Trinajstić information content (AvgIpc) is 2.98. The summed E-state index contributed by atoms with van der Waals surface area (Å²) >= 11 is 3.41. The molecule has 0 fully saturated rings. The fourth-order valence-corrected chi connectivity index (χ4v) is 3.17. The van der Waals surface area contributed by atoms with E-state index in [4.69, 9.17) is 0 Å². The van der Waals surface area contributed by atoms with E-state index < -0.39 is 0 Å². The van der Waals surface area contributed by atoms with E-state index in [9.17, 15) is 4.79 Å². The molecule has 0 atom stereocenters. The van der Waals surface area contributed by atoms with Crippen LogP contribution in [0.5, 0.6) is 0 Å². The molecule has 0 saturated carbocycles. The van der Waals surface area contributed by atoms with Crippen LogP contribution in [0.2, 0.25) is 0 Å². The third-order valence-electron chi connectivity index (χ3n) is 4.01. The summed E-state index contributed by atoms with van der Waals surface area (Å²) in [6.45, 7) is 0.617. The molecule has 23 heavy (non-hydrogen) atoms. The minimum atomic E-state index is -0.122. The molecule has 1 aliphatic rings. The van der Waals surface area contributed by atoms with E-state index in [1.165, 1.54) is 0 Å². The van der Waals surface area contributed by atoms with Gasteiger partial charge in [-0.15, -0.1) is 0 Å². The van der Waals surface area contributed by atoms with E-state index >= 15 is 0 Å². The Morgan fingerprint density at radius 1 is 1.30 bits per heavy atom. The number of fused-ring (bicyclic) bond motifs is 2. The maximum atomic E-state index is 12.8. The molecule has 0 spiro atoms. The van der Waals surface area contributed by atoms with Gasteiger partial charge in [0.25, 0.3) is 5.91 Å². The van der Waals surface area contributed by atoms with Crippen LogP contribution in [0, 0.1) is 0 Å². The molecule has 0 bridgehead atoms. The van der Waals surface area contributed by atoms with Gasteiger partial charge in [0.1, 0.15) is 5.82 Å². The predicted octanol–water partition coefficient (Wildman–Crippen LogP) is 2.54. The van der Waals surface area contributed by atoms with Crippen LogP contribution in [0.1, 0.15) is 16.1 Å². The third kappa shape index (κ3) is 2.37. The Balaban J connectivity index is 1.68. The second-order valence-electron chi connectivity index (χ2n) is 5.43. The normalized spacial score (nSPS) is 14.2. The van der Waals surface area contributed by atoms with Crippen molar-refractivity contribution in [3.63, 3.8) is 0 Å². The zero-order valence-electron chi connectivity index (χ0n) is 12.5. The van der Waals surface area contributed by atoms with E-state index in [1.54, 1.807) is 26.8 Å². The number of anilines is 1. The molecule has 6 nitrogen and oxygen atoms in total. The fourth-order valence-electron chi connectivity index (χ4n) is 2.84. The van der Waals surface area contributed by atoms with Crippen LogP contribution >= 0.6 is 15.9 Å². The lowest BCUT2D eigenvalue weighted by molar-refractivity contribution is 0.0730. The van der Waals surface area contributed by atoms with Gasteiger partial charge in [0, 0.05) is 30.5 Å². The predicted molar refractivity (Wildman–Crippen MR) is 90.3 cm³/mol. The van der Waals surface area contributed by atoms with Crippen LogP contribution in [0.4, 0.5) is 5.82 Å². The molecule has 7 heteroatoms. The van der Waals surface area contributed by atoms with Crippen LogP contribution in [-0.2, 0) is 6.42 Å². The average molecular weight is 372 g/mol. The number of hydrogen-bond donors (Lipinski definition) is 0. The molecular weight excluding hydrogens is 358 g/mol. The zero-order valence-corrected chi connectivity index (χ0v) is 14.1. The lowest BCUT2D eigenvalue weighted by Crippen LogP contribution is -2.49. The number of rotatable bonds is 1. The Kier molecular flexibility index (Phi) is 3.30. The maximum Gasteiger partial charge on any atom is 0.292 e. The highest BCUT2D eigenvalue weighted by Crippen LogP contribution is 2.25. The van der Waals surface area contributed by atoms with Crippen molar-refractivity contribution in [3.8, 4) is 0 Å². The third-order valence-corrected chi connectivity index (χ3v) is 4.48. The molecule has 0 saturated heterocycles. The molecule has 0 N–H and O–H groups in total. The highest BCUT2D eigenvalue weighted by atomic mass is 79.9. The first-order chi connectivity index (χ1) is 11.1. The van der Waals surface area contributed by atoms with Gasteiger partial charge in [0.05, 0.1) is 5.52 Å². The van der Waals surface area contributed by atoms with E-state index in [0.717, 1.165) is 27.8 Å². The van der Waals surface area contributed by atoms with Crippen LogP contribution in [-0.4, -0.2) is 39.1 Å². The van der Waals surface area contributed by atoms with E-state index in [2.05, 4.69) is 26.0 Å². The Morgan fingerprint density at radius 3 is 3.04 bits per heavy atom. The summed E-state index contributed by atoms with van der Waals surface area (Å²) in [6, 6.07) is 9.62. The summed E-state index contributed by atoms with van der Waals surface area (Å²) in [6.07, 6.45) is 4.37. The summed E-state index contributed by atoms with van der Waals surface area (Å²) in [5.74, 6) is 0.697. The van der Waals surface area contributed by atoms with Gasteiger partial charge in [-0.05, 0) is 52.2 Å². The highest BCUT2D eigenvalue weighted by Gasteiger charge is 2.28. The molecule has 4 rings (SSSR count). The number of amides is 1. The van der Waals surface area contributed by atoms with Crippen molar-refractivity contribution in [3.05, 3.63) is 58.5 Å². The second-order valence-corrected chi connectivity index (χ2v) is 6.35. The number of halogens is 1. The van der Waals surface area contributed by atoms with Gasteiger partial charge in [-0.1, -0.05) is 6.07 Å². The highest BCUT2D eigenvalue weighted by molar-refractivity contribution is 9.10. The SMILES string of the molecule is CN1c2ncccc2CCN1C(=O)c1cc2ccc(Br)cn2n1. The molecule has 3 aromatic heterocycles. The Morgan fingerprint density at radius 2 is 2.17 bits per heavy atom. The molecule has 4 heterocycles. The first-order valence-corrected chi connectivity index (χ1v) is 8.07. The van der Waals surface area contributed by atoms with Gasteiger partial charge in [0.15, 0.2) is 5.69 Å². The first-order valence-electron chi connectivity index (χ1n) is 7.28. The summed E-state index contributed by atoms with van der Waals surface area (Å²) in [5, 5.41) is 7.88. The molecule has 0 unspecified atom stereocenters. The van der Waals surface area contributed by atoms with E-state index in [-0.39, 0.29) is 5.91 Å². The van der Waals surface area contributed by atoms with Crippen molar-refractivity contribution >= 4 is 33.2 Å². The van der Waals surface area contributed by atoms with Crippen molar-refractivity contribution in [2.75, 3.05) is 18.6 Å². The molecule has 0 aromatic carbocycles. The number of pyridine rings is 2. The van der Waals surface area contributed by atoms with Gasteiger partial charge in [-0.2, -0.15) is 5.10 Å². The van der Waals surface area contributed by atoms with Crippen LogP contribution in [0.25, 0.3) is 5.52 Å². The second kappa shape index (κ2) is 5.34. The summed E-state index contributed by atoms with van der Waals surface area (Å²) < 4.78 is 2.62. The van der Waals surface area contributed by atoms with Gasteiger partial charge in [-0.25, -0.2) is 14.5 Å². The molecule has 116 valence electrons. The molecule has 3 aromatic rings. The number of hydrogen-bond acceptors (Lipinski definition) is 4. The maximum absolute atomic E-state index is 12.8. The number of carbonyl (C=O) groups excluding carboxylic acids is 1. The van der Waals surface area contributed by atoms with Crippen molar-refractivity contribution in [2.45, 2.75) is 6.42 Å². The standard InChI is InChI=1S/C16H14BrN5O/c1-20-15-11(3-2-7-18-15)6-8-22(20)16(23)14-9-13-5-4-12(17)10-21(13)19-14/h2-5,7,9-10H,6,8H2,1H3. The van der Waals surface area contributed by atoms with Crippen molar-refractivity contribution < 1.29 is 4.79 Å². The quantitative estimate of drug-likeness (QED) is 0.659. The number of aromatic nitrogens is 3. The number of nitrogens with zero attached hydrogens (tertiary/aromatic N) is 5. The Labute approximate surface area is 141 Å². The fraction of sp³-hybridized carbons (Fsp3) is 0.188. The van der Waals surface area contributed by atoms with Crippen LogP contribution in [0.15, 0.2) is 47.2 Å². The minimum Gasteiger partial charge on any atom is -0.268 e. The van der Waals surface area contributed by atoms with Gasteiger partial charge in [-0.3, -0.25) is 9.80 Å². The monoisotopic (exact) mass is 371 g/mol. The van der Waals surface area contributed by atoms with Gasteiger partial charge in [0.2, 0.25) is 0 Å². The summed E-state index contributed by atoms with van der Waals surface area (Å²) in [5.41, 5.74) is 2.46. The smallest absolute Gasteiger partial charge is 0.268 e. The van der Waals surface area contributed by atoms with E-state index in [1.807, 2.05) is 37.5 Å². The summed E-state index contributed by atoms with van der Waals surface area (Å²) in [4.78, 5) is 17.2. The van der Waals surface area contributed by atoms with Gasteiger partial charge >= 0.3 is 0 Å². The van der Waals surface area contributed by atoms with Crippen molar-refractivity contribution in [1.29, 1.82) is 0 Å². The van der Waals surface area contributed by atoms with Crippen molar-refractivity contribution in [1.82, 2.24) is 19.6 Å². The Hall–Kier alpha value is -2.41. The van der Waals surface area contributed by atoms with E-state index in [0.29, 0.717) is 12.2 Å². The molecule has 0 radical (unpaired) electrons. The Bertz CT molecular complexity index is 906. The largest absolute Gasteiger partial charge is 0.292 e. The molecular formula is C16H14BrN5O. The van der Waals surface area contributed by atoms with Gasteiger partial charge < -0.3 is 0 Å². The number of hydrazine groups is 1. The molecule has 1 aliphatic heterocycles. The minimum absolute atomic E-state index is 0.122. The zero-order chi connectivity index (χ0) is 16.0. The van der Waals surface area contributed by atoms with Crippen LogP contribution < -0.4 is 5.01 Å². The van der Waals surface area contributed by atoms with Crippen molar-refractivity contribution in [2.24, 2.45) is 0 Å². The van der Waals surface area contributed by atoms with Crippen LogP contribution in [0.3, 0.4) is 0 Å². The first kappa shape index (κ1) is 14.2. The molecule has 1 amide bonds. The lowest BCUT2D eigenvalue weighted by Gasteiger charge is -2.37. The molecule has 0 aliphatic carbocycles.